The Balaban J connectivity index is 3.51. The van der Waals surface area contributed by atoms with Gasteiger partial charge in [0.2, 0.25) is 0 Å². The minimum absolute atomic E-state index is 0.0781. The van der Waals surface area contributed by atoms with Gasteiger partial charge >= 0.3 is 5.97 Å². The average Bonchev–Trinajstić information content (AvgIpc) is 2.05. The molecule has 4 heteroatoms. The highest BCUT2D eigenvalue weighted by molar-refractivity contribution is 5.95. The molecule has 0 bridgehead atoms. The van der Waals surface area contributed by atoms with Crippen LogP contribution in [0.5, 0.6) is 0 Å². The van der Waals surface area contributed by atoms with Crippen LogP contribution in [0.3, 0.4) is 0 Å². The van der Waals surface area contributed by atoms with Crippen molar-refractivity contribution >= 4 is 11.8 Å². The Morgan fingerprint density at radius 2 is 2.15 bits per heavy atom. The molecule has 0 heterocycles. The van der Waals surface area contributed by atoms with Gasteiger partial charge in [-0.15, -0.1) is 0 Å². The summed E-state index contributed by atoms with van der Waals surface area (Å²) in [6.45, 7) is 1.95. The van der Waals surface area contributed by atoms with Gasteiger partial charge in [0, 0.05) is 6.42 Å². The van der Waals surface area contributed by atoms with Crippen LogP contribution >= 0.6 is 0 Å². The normalized spacial score (nSPS) is 8.92. The maximum absolute atomic E-state index is 10.9. The van der Waals surface area contributed by atoms with Gasteiger partial charge in [-0.1, -0.05) is 6.92 Å². The number of rotatable bonds is 6. The molecule has 0 atom stereocenters. The standard InChI is InChI=1S/C9H13NO3/c1-2-4-8(11)7-9(12)13-6-3-5-10/h2-4,6-7H2,1H3. The summed E-state index contributed by atoms with van der Waals surface area (Å²) < 4.78 is 4.62. The fourth-order valence-electron chi connectivity index (χ4n) is 0.790. The van der Waals surface area contributed by atoms with Crippen molar-refractivity contribution < 1.29 is 14.3 Å². The lowest BCUT2D eigenvalue weighted by Crippen LogP contribution is -2.11. The van der Waals surface area contributed by atoms with E-state index in [-0.39, 0.29) is 25.2 Å². The van der Waals surface area contributed by atoms with Crippen LogP contribution in [0.15, 0.2) is 0 Å². The van der Waals surface area contributed by atoms with Crippen molar-refractivity contribution in [2.75, 3.05) is 6.61 Å². The molecule has 0 rings (SSSR count). The molecule has 72 valence electrons. The third-order valence-corrected chi connectivity index (χ3v) is 1.35. The van der Waals surface area contributed by atoms with Crippen molar-refractivity contribution in [3.05, 3.63) is 0 Å². The summed E-state index contributed by atoms with van der Waals surface area (Å²) in [5.41, 5.74) is 0. The molecular formula is C9H13NO3. The Labute approximate surface area is 77.5 Å². The highest BCUT2D eigenvalue weighted by Gasteiger charge is 2.08. The van der Waals surface area contributed by atoms with Gasteiger partial charge in [-0.3, -0.25) is 9.59 Å². The number of carbonyl (C=O) groups is 2. The second kappa shape index (κ2) is 7.29. The van der Waals surface area contributed by atoms with Crippen molar-refractivity contribution in [3.8, 4) is 6.07 Å². The minimum Gasteiger partial charge on any atom is -0.464 e. The summed E-state index contributed by atoms with van der Waals surface area (Å²) in [6, 6.07) is 1.84. The molecule has 0 saturated heterocycles. The summed E-state index contributed by atoms with van der Waals surface area (Å²) in [5, 5.41) is 8.14. The first-order valence-electron chi connectivity index (χ1n) is 4.25. The van der Waals surface area contributed by atoms with E-state index in [1.165, 1.54) is 0 Å². The van der Waals surface area contributed by atoms with Crippen molar-refractivity contribution in [1.82, 2.24) is 0 Å². The summed E-state index contributed by atoms with van der Waals surface area (Å²) in [4.78, 5) is 21.8. The number of ketones is 1. The molecule has 13 heavy (non-hydrogen) atoms. The Bertz CT molecular complexity index is 217. The van der Waals surface area contributed by atoms with Crippen molar-refractivity contribution in [2.45, 2.75) is 32.6 Å². The first kappa shape index (κ1) is 11.6. The Kier molecular flexibility index (Phi) is 6.52. The van der Waals surface area contributed by atoms with Crippen LogP contribution < -0.4 is 0 Å². The summed E-state index contributed by atoms with van der Waals surface area (Å²) in [6.07, 6.45) is 1.16. The third-order valence-electron chi connectivity index (χ3n) is 1.35. The lowest BCUT2D eigenvalue weighted by molar-refractivity contribution is -0.145. The largest absolute Gasteiger partial charge is 0.464 e. The summed E-state index contributed by atoms with van der Waals surface area (Å²) >= 11 is 0. The first-order chi connectivity index (χ1) is 6.20. The molecule has 0 aliphatic heterocycles. The van der Waals surface area contributed by atoms with Crippen LogP contribution in [0.1, 0.15) is 32.6 Å². The number of carbonyl (C=O) groups excluding carboxylic acids is 2. The number of hydrogen-bond donors (Lipinski definition) is 0. The van der Waals surface area contributed by atoms with Crippen LogP contribution in [0, 0.1) is 11.3 Å². The molecule has 0 aliphatic carbocycles. The summed E-state index contributed by atoms with van der Waals surface area (Å²) in [7, 11) is 0. The monoisotopic (exact) mass is 183 g/mol. The zero-order chi connectivity index (χ0) is 10.1. The Morgan fingerprint density at radius 1 is 1.46 bits per heavy atom. The van der Waals surface area contributed by atoms with Gasteiger partial charge in [-0.25, -0.2) is 0 Å². The SMILES string of the molecule is CCCC(=O)CC(=O)OCCC#N. The molecular weight excluding hydrogens is 170 g/mol. The molecule has 0 saturated carbocycles. The van der Waals surface area contributed by atoms with E-state index < -0.39 is 5.97 Å². The number of hydrogen-bond acceptors (Lipinski definition) is 4. The van der Waals surface area contributed by atoms with E-state index in [1.807, 2.05) is 13.0 Å². The number of ether oxygens (including phenoxy) is 1. The Hall–Kier alpha value is -1.37. The maximum atomic E-state index is 10.9. The van der Waals surface area contributed by atoms with E-state index in [9.17, 15) is 9.59 Å². The highest BCUT2D eigenvalue weighted by atomic mass is 16.5. The van der Waals surface area contributed by atoms with E-state index in [4.69, 9.17) is 5.26 Å². The van der Waals surface area contributed by atoms with Crippen LogP contribution in [-0.4, -0.2) is 18.4 Å². The molecule has 0 aromatic heterocycles. The molecule has 0 radical (unpaired) electrons. The second-order valence-corrected chi connectivity index (χ2v) is 2.59. The topological polar surface area (TPSA) is 67.2 Å². The maximum Gasteiger partial charge on any atom is 0.313 e. The number of Topliss-reactive ketones (excluding diaryl/α,β-unsaturated/α-hetero) is 1. The number of esters is 1. The fraction of sp³-hybridized carbons (Fsp3) is 0.667. The van der Waals surface area contributed by atoms with Crippen LogP contribution in [0.2, 0.25) is 0 Å². The molecule has 4 nitrogen and oxygen atoms in total. The van der Waals surface area contributed by atoms with Gasteiger partial charge in [0.25, 0.3) is 0 Å². The van der Waals surface area contributed by atoms with E-state index in [1.54, 1.807) is 0 Å². The quantitative estimate of drug-likeness (QED) is 0.352. The third kappa shape index (κ3) is 7.01. The molecule has 0 aliphatic rings. The smallest absolute Gasteiger partial charge is 0.313 e. The summed E-state index contributed by atoms with van der Waals surface area (Å²) in [5.74, 6) is -0.641. The minimum atomic E-state index is -0.534. The Morgan fingerprint density at radius 3 is 2.69 bits per heavy atom. The van der Waals surface area contributed by atoms with Crippen LogP contribution in [0.4, 0.5) is 0 Å². The molecule has 0 fully saturated rings. The van der Waals surface area contributed by atoms with Gasteiger partial charge in [0.15, 0.2) is 0 Å². The van der Waals surface area contributed by atoms with Crippen molar-refractivity contribution in [3.63, 3.8) is 0 Å². The van der Waals surface area contributed by atoms with Gasteiger partial charge < -0.3 is 4.74 Å². The predicted molar refractivity (Wildman–Crippen MR) is 45.7 cm³/mol. The van der Waals surface area contributed by atoms with E-state index in [2.05, 4.69) is 4.74 Å². The van der Waals surface area contributed by atoms with Gasteiger partial charge in [-0.2, -0.15) is 5.26 Å². The number of nitrogens with zero attached hydrogens (tertiary/aromatic N) is 1. The van der Waals surface area contributed by atoms with E-state index in [0.717, 1.165) is 6.42 Å². The number of nitriles is 1. The fourth-order valence-corrected chi connectivity index (χ4v) is 0.790. The first-order valence-corrected chi connectivity index (χ1v) is 4.25. The molecule has 0 unspecified atom stereocenters. The van der Waals surface area contributed by atoms with Gasteiger partial charge in [0.1, 0.15) is 18.8 Å². The average molecular weight is 183 g/mol. The van der Waals surface area contributed by atoms with Crippen LogP contribution in [-0.2, 0) is 14.3 Å². The zero-order valence-electron chi connectivity index (χ0n) is 7.71. The molecule has 0 aromatic rings. The second-order valence-electron chi connectivity index (χ2n) is 2.59. The molecule has 0 aromatic carbocycles. The molecule has 0 N–H and O–H groups in total. The zero-order valence-corrected chi connectivity index (χ0v) is 7.71. The van der Waals surface area contributed by atoms with Crippen LogP contribution in [0.25, 0.3) is 0 Å². The lowest BCUT2D eigenvalue weighted by atomic mass is 10.2. The molecule has 0 amide bonds. The molecule has 0 spiro atoms. The van der Waals surface area contributed by atoms with E-state index in [0.29, 0.717) is 6.42 Å². The van der Waals surface area contributed by atoms with E-state index >= 15 is 0 Å². The lowest BCUT2D eigenvalue weighted by Gasteiger charge is -2.00. The predicted octanol–water partition coefficient (Wildman–Crippen LogP) is 1.20. The van der Waals surface area contributed by atoms with Crippen molar-refractivity contribution in [2.24, 2.45) is 0 Å². The van der Waals surface area contributed by atoms with Gasteiger partial charge in [-0.05, 0) is 6.42 Å². The van der Waals surface area contributed by atoms with Crippen molar-refractivity contribution in [1.29, 1.82) is 5.26 Å². The highest BCUT2D eigenvalue weighted by Crippen LogP contribution is 1.96. The van der Waals surface area contributed by atoms with Gasteiger partial charge in [0.05, 0.1) is 12.5 Å².